The summed E-state index contributed by atoms with van der Waals surface area (Å²) in [4.78, 5) is 17.3. The molecule has 2 aromatic carbocycles. The van der Waals surface area contributed by atoms with Gasteiger partial charge in [0.25, 0.3) is 5.91 Å². The first kappa shape index (κ1) is 17.0. The number of methoxy groups -OCH3 is 1. The maximum Gasteiger partial charge on any atom is 0.264 e. The number of amides is 1. The molecule has 1 aromatic heterocycles. The maximum atomic E-state index is 12.0. The van der Waals surface area contributed by atoms with Crippen molar-refractivity contribution >= 4 is 22.4 Å². The number of hydrogen-bond acceptors (Lipinski definition) is 5. The standard InChI is InChI=1S/C19H18N2O3S/c1-23-15-8-5-9-16(11-15)24-13-18(22)21-19-20-12-17(25-19)10-14-6-3-2-4-7-14/h2-9,11-12H,10,13H2,1H3,(H,20,21,22). The van der Waals surface area contributed by atoms with Crippen molar-refractivity contribution in [2.45, 2.75) is 6.42 Å². The van der Waals surface area contributed by atoms with E-state index >= 15 is 0 Å². The lowest BCUT2D eigenvalue weighted by atomic mass is 10.1. The number of benzene rings is 2. The molecule has 0 aliphatic heterocycles. The van der Waals surface area contributed by atoms with Crippen LogP contribution in [-0.4, -0.2) is 24.6 Å². The third-order valence-corrected chi connectivity index (χ3v) is 4.34. The Morgan fingerprint density at radius 2 is 1.92 bits per heavy atom. The Kier molecular flexibility index (Phi) is 5.64. The van der Waals surface area contributed by atoms with Crippen LogP contribution in [0.4, 0.5) is 5.13 Å². The molecule has 128 valence electrons. The second kappa shape index (κ2) is 8.30. The van der Waals surface area contributed by atoms with Gasteiger partial charge in [0, 0.05) is 23.6 Å². The third-order valence-electron chi connectivity index (χ3n) is 3.43. The molecule has 0 unspecified atom stereocenters. The summed E-state index contributed by atoms with van der Waals surface area (Å²) in [6.45, 7) is -0.0826. The summed E-state index contributed by atoms with van der Waals surface area (Å²) in [6.07, 6.45) is 2.59. The molecular formula is C19H18N2O3S. The van der Waals surface area contributed by atoms with Gasteiger partial charge in [0.05, 0.1) is 7.11 Å². The Morgan fingerprint density at radius 3 is 2.72 bits per heavy atom. The van der Waals surface area contributed by atoms with Gasteiger partial charge in [0.15, 0.2) is 11.7 Å². The monoisotopic (exact) mass is 354 g/mol. The van der Waals surface area contributed by atoms with Crippen molar-refractivity contribution in [3.8, 4) is 11.5 Å². The summed E-state index contributed by atoms with van der Waals surface area (Å²) in [5, 5.41) is 3.33. The van der Waals surface area contributed by atoms with Crippen molar-refractivity contribution in [3.63, 3.8) is 0 Å². The normalized spacial score (nSPS) is 10.3. The summed E-state index contributed by atoms with van der Waals surface area (Å²) >= 11 is 1.47. The Labute approximate surface area is 150 Å². The lowest BCUT2D eigenvalue weighted by Crippen LogP contribution is -2.19. The Balaban J connectivity index is 1.51. The molecule has 1 amide bonds. The van der Waals surface area contributed by atoms with E-state index < -0.39 is 0 Å². The number of carbonyl (C=O) groups excluding carboxylic acids is 1. The lowest BCUT2D eigenvalue weighted by Gasteiger charge is -2.07. The molecule has 0 atom stereocenters. The van der Waals surface area contributed by atoms with Gasteiger partial charge >= 0.3 is 0 Å². The van der Waals surface area contributed by atoms with Gasteiger partial charge in [0.2, 0.25) is 0 Å². The molecule has 5 nitrogen and oxygen atoms in total. The highest BCUT2D eigenvalue weighted by molar-refractivity contribution is 7.15. The molecule has 1 N–H and O–H groups in total. The van der Waals surface area contributed by atoms with Crippen LogP contribution in [0.3, 0.4) is 0 Å². The molecule has 0 bridgehead atoms. The van der Waals surface area contributed by atoms with Gasteiger partial charge in [-0.2, -0.15) is 0 Å². The lowest BCUT2D eigenvalue weighted by molar-refractivity contribution is -0.118. The molecule has 25 heavy (non-hydrogen) atoms. The number of nitrogens with one attached hydrogen (secondary N) is 1. The average molecular weight is 354 g/mol. The molecule has 1 heterocycles. The number of anilines is 1. The van der Waals surface area contributed by atoms with E-state index in [4.69, 9.17) is 9.47 Å². The van der Waals surface area contributed by atoms with Crippen LogP contribution in [0, 0.1) is 0 Å². The molecule has 3 rings (SSSR count). The summed E-state index contributed by atoms with van der Waals surface area (Å²) in [6, 6.07) is 17.3. The van der Waals surface area contributed by atoms with Crippen molar-refractivity contribution in [3.05, 3.63) is 71.2 Å². The summed E-state index contributed by atoms with van der Waals surface area (Å²) < 4.78 is 10.6. The van der Waals surface area contributed by atoms with Crippen LogP contribution < -0.4 is 14.8 Å². The first-order chi connectivity index (χ1) is 12.2. The SMILES string of the molecule is COc1cccc(OCC(=O)Nc2ncc(Cc3ccccc3)s2)c1. The van der Waals surface area contributed by atoms with E-state index in [1.54, 1.807) is 25.4 Å². The molecule has 0 saturated heterocycles. The van der Waals surface area contributed by atoms with E-state index in [1.165, 1.54) is 16.9 Å². The zero-order chi connectivity index (χ0) is 17.5. The van der Waals surface area contributed by atoms with Crippen LogP contribution in [0.15, 0.2) is 60.8 Å². The first-order valence-electron chi connectivity index (χ1n) is 7.78. The molecular weight excluding hydrogens is 336 g/mol. The van der Waals surface area contributed by atoms with Gasteiger partial charge < -0.3 is 9.47 Å². The molecule has 3 aromatic rings. The van der Waals surface area contributed by atoms with E-state index in [0.717, 1.165) is 11.3 Å². The minimum Gasteiger partial charge on any atom is -0.497 e. The fourth-order valence-corrected chi connectivity index (χ4v) is 3.10. The first-order valence-corrected chi connectivity index (χ1v) is 8.60. The predicted octanol–water partition coefficient (Wildman–Crippen LogP) is 3.76. The highest BCUT2D eigenvalue weighted by atomic mass is 32.1. The quantitative estimate of drug-likeness (QED) is 0.702. The smallest absolute Gasteiger partial charge is 0.264 e. The van der Waals surface area contributed by atoms with Crippen LogP contribution in [0.1, 0.15) is 10.4 Å². The summed E-state index contributed by atoms with van der Waals surface area (Å²) in [5.74, 6) is 1.02. The van der Waals surface area contributed by atoms with Gasteiger partial charge in [-0.1, -0.05) is 36.4 Å². The number of hydrogen-bond donors (Lipinski definition) is 1. The number of rotatable bonds is 7. The average Bonchev–Trinajstić information content (AvgIpc) is 3.08. The van der Waals surface area contributed by atoms with Crippen LogP contribution >= 0.6 is 11.3 Å². The van der Waals surface area contributed by atoms with E-state index in [2.05, 4.69) is 22.4 Å². The van der Waals surface area contributed by atoms with Gasteiger partial charge in [0.1, 0.15) is 11.5 Å². The van der Waals surface area contributed by atoms with Crippen LogP contribution in [0.25, 0.3) is 0 Å². The molecule has 6 heteroatoms. The van der Waals surface area contributed by atoms with E-state index in [9.17, 15) is 4.79 Å². The molecule has 0 aliphatic rings. The van der Waals surface area contributed by atoms with Crippen LogP contribution in [-0.2, 0) is 11.2 Å². The largest absolute Gasteiger partial charge is 0.497 e. The van der Waals surface area contributed by atoms with Crippen molar-refractivity contribution < 1.29 is 14.3 Å². The van der Waals surface area contributed by atoms with Crippen molar-refractivity contribution in [1.29, 1.82) is 0 Å². The van der Waals surface area contributed by atoms with Crippen molar-refractivity contribution in [2.75, 3.05) is 19.0 Å². The fraction of sp³-hybridized carbons (Fsp3) is 0.158. The Hall–Kier alpha value is -2.86. The zero-order valence-corrected chi connectivity index (χ0v) is 14.6. The number of carbonyl (C=O) groups is 1. The van der Waals surface area contributed by atoms with Crippen LogP contribution in [0.2, 0.25) is 0 Å². The summed E-state index contributed by atoms with van der Waals surface area (Å²) in [5.41, 5.74) is 1.21. The molecule has 0 fully saturated rings. The second-order valence-electron chi connectivity index (χ2n) is 5.31. The predicted molar refractivity (Wildman–Crippen MR) is 98.5 cm³/mol. The minimum atomic E-state index is -0.247. The van der Waals surface area contributed by atoms with Crippen molar-refractivity contribution in [1.82, 2.24) is 4.98 Å². The zero-order valence-electron chi connectivity index (χ0n) is 13.8. The minimum absolute atomic E-state index is 0.0826. The number of ether oxygens (including phenoxy) is 2. The second-order valence-corrected chi connectivity index (χ2v) is 6.43. The maximum absolute atomic E-state index is 12.0. The highest BCUT2D eigenvalue weighted by Gasteiger charge is 2.08. The number of thiazole rings is 1. The molecule has 0 aliphatic carbocycles. The van der Waals surface area contributed by atoms with E-state index in [1.807, 2.05) is 30.3 Å². The van der Waals surface area contributed by atoms with Crippen LogP contribution in [0.5, 0.6) is 11.5 Å². The Bertz CT molecular complexity index is 833. The third kappa shape index (κ3) is 5.06. The molecule has 0 saturated carbocycles. The number of aromatic nitrogens is 1. The summed E-state index contributed by atoms with van der Waals surface area (Å²) in [7, 11) is 1.58. The topological polar surface area (TPSA) is 60.5 Å². The van der Waals surface area contributed by atoms with Gasteiger partial charge in [-0.3, -0.25) is 10.1 Å². The molecule has 0 spiro atoms. The van der Waals surface area contributed by atoms with E-state index in [0.29, 0.717) is 16.6 Å². The number of nitrogens with zero attached hydrogens (tertiary/aromatic N) is 1. The van der Waals surface area contributed by atoms with Gasteiger partial charge in [-0.05, 0) is 17.7 Å². The van der Waals surface area contributed by atoms with E-state index in [-0.39, 0.29) is 12.5 Å². The van der Waals surface area contributed by atoms with Crippen molar-refractivity contribution in [2.24, 2.45) is 0 Å². The van der Waals surface area contributed by atoms with Gasteiger partial charge in [-0.15, -0.1) is 11.3 Å². The fourth-order valence-electron chi connectivity index (χ4n) is 2.24. The Morgan fingerprint density at radius 1 is 1.12 bits per heavy atom. The van der Waals surface area contributed by atoms with Gasteiger partial charge in [-0.25, -0.2) is 4.98 Å². The molecule has 0 radical (unpaired) electrons. The highest BCUT2D eigenvalue weighted by Crippen LogP contribution is 2.22.